The number of halogens is 1. The molecule has 0 bridgehead atoms. The number of fused-ring (bicyclic) bond motifs is 1. The zero-order valence-corrected chi connectivity index (χ0v) is 18.2. The number of sulfone groups is 1. The first-order chi connectivity index (χ1) is 14.6. The van der Waals surface area contributed by atoms with Crippen molar-refractivity contribution in [1.82, 2.24) is 14.7 Å². The van der Waals surface area contributed by atoms with Crippen LogP contribution in [0.15, 0.2) is 42.6 Å². The number of benzene rings is 1. The number of ether oxygens (including phenoxy) is 1. The van der Waals surface area contributed by atoms with E-state index in [1.807, 2.05) is 6.92 Å². The van der Waals surface area contributed by atoms with Gasteiger partial charge in [0.15, 0.2) is 0 Å². The molecule has 3 aromatic rings. The number of nitrogens with one attached hydrogen (secondary N) is 1. The van der Waals surface area contributed by atoms with Crippen molar-refractivity contribution in [3.05, 3.63) is 65.4 Å². The molecule has 1 saturated heterocycles. The topological polar surface area (TPSA) is 89.8 Å². The number of hydrogen-bond donors (Lipinski definition) is 1. The average molecular weight is 446 g/mol. The van der Waals surface area contributed by atoms with E-state index in [0.717, 1.165) is 5.56 Å². The largest absolute Gasteiger partial charge is 0.487 e. The van der Waals surface area contributed by atoms with Crippen LogP contribution in [0.4, 0.5) is 4.39 Å². The summed E-state index contributed by atoms with van der Waals surface area (Å²) in [5, 5.41) is 2.98. The second-order valence-electron chi connectivity index (χ2n) is 8.22. The molecule has 1 aliphatic rings. The minimum Gasteiger partial charge on any atom is -0.487 e. The number of rotatable bonds is 5. The second kappa shape index (κ2) is 7.96. The molecule has 9 heteroatoms. The van der Waals surface area contributed by atoms with Gasteiger partial charge in [0, 0.05) is 5.54 Å². The van der Waals surface area contributed by atoms with Crippen molar-refractivity contribution in [2.45, 2.75) is 38.8 Å². The quantitative estimate of drug-likeness (QED) is 0.652. The van der Waals surface area contributed by atoms with Crippen molar-refractivity contribution in [1.29, 1.82) is 0 Å². The number of carbonyl (C=O) groups excluding carboxylic acids is 1. The predicted octanol–water partition coefficient (Wildman–Crippen LogP) is 3.06. The lowest BCUT2D eigenvalue weighted by atomic mass is 9.94. The van der Waals surface area contributed by atoms with Gasteiger partial charge in [0.25, 0.3) is 5.91 Å². The van der Waals surface area contributed by atoms with Gasteiger partial charge in [-0.1, -0.05) is 12.1 Å². The molecule has 0 spiro atoms. The molecule has 164 valence electrons. The van der Waals surface area contributed by atoms with Gasteiger partial charge >= 0.3 is 0 Å². The summed E-state index contributed by atoms with van der Waals surface area (Å²) in [7, 11) is -3.02. The van der Waals surface area contributed by atoms with Crippen molar-refractivity contribution in [2.75, 3.05) is 11.5 Å². The monoisotopic (exact) mass is 445 g/mol. The highest BCUT2D eigenvalue weighted by Crippen LogP contribution is 2.25. The van der Waals surface area contributed by atoms with Crippen molar-refractivity contribution >= 4 is 21.4 Å². The zero-order valence-electron chi connectivity index (χ0n) is 17.4. The van der Waals surface area contributed by atoms with Gasteiger partial charge in [0.05, 0.1) is 23.4 Å². The van der Waals surface area contributed by atoms with Gasteiger partial charge in [0.1, 0.15) is 39.4 Å². The maximum Gasteiger partial charge on any atom is 0.272 e. The Kier molecular flexibility index (Phi) is 5.47. The fourth-order valence-electron chi connectivity index (χ4n) is 3.64. The number of amides is 1. The van der Waals surface area contributed by atoms with E-state index in [0.29, 0.717) is 35.6 Å². The van der Waals surface area contributed by atoms with Gasteiger partial charge in [-0.15, -0.1) is 0 Å². The Morgan fingerprint density at radius 1 is 1.19 bits per heavy atom. The van der Waals surface area contributed by atoms with Crippen molar-refractivity contribution in [3.63, 3.8) is 0 Å². The van der Waals surface area contributed by atoms with Crippen LogP contribution in [0.2, 0.25) is 0 Å². The summed E-state index contributed by atoms with van der Waals surface area (Å²) in [4.78, 5) is 17.3. The maximum atomic E-state index is 13.0. The Balaban J connectivity index is 1.49. The lowest BCUT2D eigenvalue weighted by Gasteiger charge is -2.34. The number of hydrogen-bond acceptors (Lipinski definition) is 5. The third-order valence-corrected chi connectivity index (χ3v) is 7.36. The van der Waals surface area contributed by atoms with E-state index in [2.05, 4.69) is 10.3 Å². The Morgan fingerprint density at radius 2 is 1.87 bits per heavy atom. The Hall–Kier alpha value is -2.94. The molecule has 0 atom stereocenters. The van der Waals surface area contributed by atoms with Crippen LogP contribution >= 0.6 is 0 Å². The fraction of sp³-hybridized carbons (Fsp3) is 0.364. The first-order valence-electron chi connectivity index (χ1n) is 10.0. The molecule has 1 aliphatic heterocycles. The van der Waals surface area contributed by atoms with Crippen molar-refractivity contribution in [3.8, 4) is 5.75 Å². The number of nitrogens with zero attached hydrogens (tertiary/aromatic N) is 2. The first kappa shape index (κ1) is 21.3. The summed E-state index contributed by atoms with van der Waals surface area (Å²) in [6.07, 6.45) is 2.52. The highest BCUT2D eigenvalue weighted by Gasteiger charge is 2.35. The molecule has 31 heavy (non-hydrogen) atoms. The van der Waals surface area contributed by atoms with Crippen LogP contribution in [-0.2, 0) is 16.4 Å². The first-order valence-corrected chi connectivity index (χ1v) is 11.9. The summed E-state index contributed by atoms with van der Waals surface area (Å²) < 4.78 is 44.0. The van der Waals surface area contributed by atoms with Crippen molar-refractivity contribution in [2.24, 2.45) is 0 Å². The third-order valence-electron chi connectivity index (χ3n) is 5.71. The third kappa shape index (κ3) is 4.71. The molecular formula is C22H24FN3O4S. The summed E-state index contributed by atoms with van der Waals surface area (Å²) in [6.45, 7) is 3.95. The van der Waals surface area contributed by atoms with Crippen LogP contribution < -0.4 is 10.1 Å². The van der Waals surface area contributed by atoms with Gasteiger partial charge in [-0.05, 0) is 56.5 Å². The summed E-state index contributed by atoms with van der Waals surface area (Å²) in [6, 6.07) is 9.62. The molecule has 0 aliphatic carbocycles. The molecule has 1 amide bonds. The highest BCUT2D eigenvalue weighted by molar-refractivity contribution is 7.91. The van der Waals surface area contributed by atoms with Crippen LogP contribution in [0.3, 0.4) is 0 Å². The van der Waals surface area contributed by atoms with E-state index >= 15 is 0 Å². The lowest BCUT2D eigenvalue weighted by Crippen LogP contribution is -2.51. The molecule has 0 radical (unpaired) electrons. The van der Waals surface area contributed by atoms with Gasteiger partial charge in [0.2, 0.25) is 0 Å². The standard InChI is InChI=1S/C22H24FN3O4S/c1-15-20(21(27)25-22(2)9-11-31(28,29)12-10-22)24-19-8-7-18(13-26(15)19)30-14-16-3-5-17(23)6-4-16/h3-8,13H,9-12,14H2,1-2H3,(H,25,27). The van der Waals surface area contributed by atoms with Crippen LogP contribution in [0.1, 0.15) is 41.5 Å². The molecule has 1 aromatic carbocycles. The molecule has 0 saturated carbocycles. The average Bonchev–Trinajstić information content (AvgIpc) is 3.06. The normalized spacial score (nSPS) is 17.4. The minimum atomic E-state index is -3.02. The number of carbonyl (C=O) groups is 1. The summed E-state index contributed by atoms with van der Waals surface area (Å²) in [5.74, 6) is 0.116. The van der Waals surface area contributed by atoms with E-state index in [9.17, 15) is 17.6 Å². The molecule has 1 N–H and O–H groups in total. The molecule has 4 rings (SSSR count). The van der Waals surface area contributed by atoms with Crippen LogP contribution in [0, 0.1) is 12.7 Å². The van der Waals surface area contributed by atoms with Crippen LogP contribution in [0.25, 0.3) is 5.65 Å². The molecule has 2 aromatic heterocycles. The van der Waals surface area contributed by atoms with Gasteiger partial charge in [-0.3, -0.25) is 9.20 Å². The second-order valence-corrected chi connectivity index (χ2v) is 10.5. The van der Waals surface area contributed by atoms with Crippen LogP contribution in [-0.4, -0.2) is 40.8 Å². The SMILES string of the molecule is Cc1c(C(=O)NC2(C)CCS(=O)(=O)CC2)nc2ccc(OCc3ccc(F)cc3)cn12. The highest BCUT2D eigenvalue weighted by atomic mass is 32.2. The Bertz CT molecular complexity index is 1220. The molecule has 7 nitrogen and oxygen atoms in total. The van der Waals surface area contributed by atoms with E-state index in [-0.39, 0.29) is 29.8 Å². The minimum absolute atomic E-state index is 0.0721. The molecular weight excluding hydrogens is 421 g/mol. The summed E-state index contributed by atoms with van der Waals surface area (Å²) >= 11 is 0. The smallest absolute Gasteiger partial charge is 0.272 e. The van der Waals surface area contributed by atoms with E-state index < -0.39 is 15.4 Å². The van der Waals surface area contributed by atoms with Gasteiger partial charge in [-0.25, -0.2) is 17.8 Å². The number of aromatic nitrogens is 2. The fourth-order valence-corrected chi connectivity index (χ4v) is 5.36. The zero-order chi connectivity index (χ0) is 22.2. The van der Waals surface area contributed by atoms with E-state index in [1.165, 1.54) is 12.1 Å². The Labute approximate surface area is 180 Å². The predicted molar refractivity (Wildman–Crippen MR) is 114 cm³/mol. The van der Waals surface area contributed by atoms with Gasteiger partial charge < -0.3 is 10.1 Å². The number of imidazole rings is 1. The van der Waals surface area contributed by atoms with E-state index in [4.69, 9.17) is 4.74 Å². The van der Waals surface area contributed by atoms with Gasteiger partial charge in [-0.2, -0.15) is 0 Å². The maximum absolute atomic E-state index is 13.0. The van der Waals surface area contributed by atoms with E-state index in [1.54, 1.807) is 41.8 Å². The van der Waals surface area contributed by atoms with Crippen LogP contribution in [0.5, 0.6) is 5.75 Å². The Morgan fingerprint density at radius 3 is 2.55 bits per heavy atom. The molecule has 3 heterocycles. The molecule has 1 fully saturated rings. The van der Waals surface area contributed by atoms with Crippen molar-refractivity contribution < 1.29 is 22.3 Å². The molecule has 0 unspecified atom stereocenters. The summed E-state index contributed by atoms with van der Waals surface area (Å²) in [5.41, 5.74) is 1.82. The number of pyridine rings is 1. The number of aryl methyl sites for hydroxylation is 1. The lowest BCUT2D eigenvalue weighted by molar-refractivity contribution is 0.0894.